The normalized spacial score (nSPS) is 21.4. The topological polar surface area (TPSA) is 38.1 Å². The quantitative estimate of drug-likeness (QED) is 0.820. The highest BCUT2D eigenvalue weighted by atomic mass is 19.4. The predicted molar refractivity (Wildman–Crippen MR) is 87.4 cm³/mol. The summed E-state index contributed by atoms with van der Waals surface area (Å²) in [5.41, 5.74) is -0.161. The summed E-state index contributed by atoms with van der Waals surface area (Å²) in [5.74, 6) is 0.681. The van der Waals surface area contributed by atoms with Crippen LogP contribution in [0.1, 0.15) is 36.3 Å². The van der Waals surface area contributed by atoms with Gasteiger partial charge in [0.1, 0.15) is 12.0 Å². The van der Waals surface area contributed by atoms with Gasteiger partial charge in [-0.05, 0) is 36.5 Å². The molecule has 0 saturated carbocycles. The lowest BCUT2D eigenvalue weighted by Crippen LogP contribution is -2.42. The highest BCUT2D eigenvalue weighted by Gasteiger charge is 2.31. The molecule has 0 radical (unpaired) electrons. The minimum Gasteiger partial charge on any atom is -0.337 e. The van der Waals surface area contributed by atoms with Gasteiger partial charge < -0.3 is 9.47 Å². The summed E-state index contributed by atoms with van der Waals surface area (Å²) in [6.07, 6.45) is -0.459. The van der Waals surface area contributed by atoms with E-state index in [1.54, 1.807) is 11.0 Å². The molecule has 0 spiro atoms. The molecule has 2 heterocycles. The second kappa shape index (κ2) is 6.54. The Balaban J connectivity index is 1.82. The fourth-order valence-corrected chi connectivity index (χ4v) is 3.41. The van der Waals surface area contributed by atoms with Gasteiger partial charge in [-0.1, -0.05) is 19.9 Å². The summed E-state index contributed by atoms with van der Waals surface area (Å²) in [5, 5.41) is 0. The zero-order valence-corrected chi connectivity index (χ0v) is 14.1. The number of alkyl halides is 3. The van der Waals surface area contributed by atoms with Crippen molar-refractivity contribution in [3.63, 3.8) is 0 Å². The van der Waals surface area contributed by atoms with E-state index in [0.29, 0.717) is 30.6 Å². The molecule has 4 nitrogen and oxygen atoms in total. The molecule has 0 aliphatic carbocycles. The SMILES string of the molecule is C[C@@H]1C[C@H](C)CN(C(=O)c2cn(-c3cccc(C(F)(F)F)c3)cn2)C1. The van der Waals surface area contributed by atoms with Gasteiger partial charge in [0.25, 0.3) is 5.91 Å². The lowest BCUT2D eigenvalue weighted by Gasteiger charge is -2.34. The van der Waals surface area contributed by atoms with E-state index in [4.69, 9.17) is 0 Å². The number of rotatable bonds is 2. The van der Waals surface area contributed by atoms with Crippen molar-refractivity contribution in [2.75, 3.05) is 13.1 Å². The van der Waals surface area contributed by atoms with Gasteiger partial charge in [-0.25, -0.2) is 4.98 Å². The number of nitrogens with zero attached hydrogens (tertiary/aromatic N) is 3. The van der Waals surface area contributed by atoms with Crippen LogP contribution in [0.15, 0.2) is 36.8 Å². The first-order valence-corrected chi connectivity index (χ1v) is 8.25. The van der Waals surface area contributed by atoms with E-state index in [9.17, 15) is 18.0 Å². The number of carbonyl (C=O) groups is 1. The number of amides is 1. The molecule has 134 valence electrons. The van der Waals surface area contributed by atoms with Crippen LogP contribution in [0.3, 0.4) is 0 Å². The fourth-order valence-electron chi connectivity index (χ4n) is 3.41. The average Bonchev–Trinajstić information content (AvgIpc) is 3.02. The third-order valence-corrected chi connectivity index (χ3v) is 4.43. The predicted octanol–water partition coefficient (Wildman–Crippen LogP) is 4.01. The molecule has 1 aliphatic heterocycles. The van der Waals surface area contributed by atoms with Gasteiger partial charge in [-0.3, -0.25) is 4.79 Å². The molecular weight excluding hydrogens is 331 g/mol. The number of aromatic nitrogens is 2. The second-order valence-corrected chi connectivity index (χ2v) is 6.87. The molecule has 0 unspecified atom stereocenters. The van der Waals surface area contributed by atoms with Crippen molar-refractivity contribution < 1.29 is 18.0 Å². The first-order chi connectivity index (χ1) is 11.7. The average molecular weight is 351 g/mol. The first-order valence-electron chi connectivity index (χ1n) is 8.25. The Morgan fingerprint density at radius 3 is 2.52 bits per heavy atom. The van der Waals surface area contributed by atoms with Crippen LogP contribution in [-0.4, -0.2) is 33.4 Å². The Morgan fingerprint density at radius 2 is 1.88 bits per heavy atom. The first kappa shape index (κ1) is 17.5. The van der Waals surface area contributed by atoms with Crippen molar-refractivity contribution in [3.8, 4) is 5.69 Å². The third kappa shape index (κ3) is 3.86. The molecule has 2 atom stereocenters. The van der Waals surface area contributed by atoms with Crippen LogP contribution < -0.4 is 0 Å². The monoisotopic (exact) mass is 351 g/mol. The number of benzene rings is 1. The van der Waals surface area contributed by atoms with Crippen LogP contribution in [0.5, 0.6) is 0 Å². The Bertz CT molecular complexity index is 759. The van der Waals surface area contributed by atoms with Gasteiger partial charge in [0, 0.05) is 25.0 Å². The number of hydrogen-bond acceptors (Lipinski definition) is 2. The largest absolute Gasteiger partial charge is 0.416 e. The summed E-state index contributed by atoms with van der Waals surface area (Å²) in [6, 6.07) is 4.95. The number of imidazole rings is 1. The molecular formula is C18H20F3N3O. The molecule has 1 saturated heterocycles. The molecule has 2 aromatic rings. The Hall–Kier alpha value is -2.31. The van der Waals surface area contributed by atoms with E-state index in [0.717, 1.165) is 18.6 Å². The molecule has 0 N–H and O–H groups in total. The van der Waals surface area contributed by atoms with Crippen LogP contribution in [0, 0.1) is 11.8 Å². The van der Waals surface area contributed by atoms with Gasteiger partial charge in [-0.2, -0.15) is 13.2 Å². The van der Waals surface area contributed by atoms with E-state index in [-0.39, 0.29) is 11.6 Å². The van der Waals surface area contributed by atoms with Crippen molar-refractivity contribution in [3.05, 3.63) is 48.0 Å². The van der Waals surface area contributed by atoms with Crippen LogP contribution in [0.4, 0.5) is 13.2 Å². The Labute approximate surface area is 144 Å². The molecule has 1 aromatic heterocycles. The van der Waals surface area contributed by atoms with Gasteiger partial charge in [0.15, 0.2) is 0 Å². The van der Waals surface area contributed by atoms with Gasteiger partial charge in [-0.15, -0.1) is 0 Å². The van der Waals surface area contributed by atoms with Crippen molar-refractivity contribution in [1.29, 1.82) is 0 Å². The maximum absolute atomic E-state index is 12.8. The van der Waals surface area contributed by atoms with E-state index < -0.39 is 11.7 Å². The number of carbonyl (C=O) groups excluding carboxylic acids is 1. The highest BCUT2D eigenvalue weighted by Crippen LogP contribution is 2.30. The van der Waals surface area contributed by atoms with Gasteiger partial charge in [0.2, 0.25) is 0 Å². The van der Waals surface area contributed by atoms with E-state index in [1.807, 2.05) is 0 Å². The Kier molecular flexibility index (Phi) is 4.58. The van der Waals surface area contributed by atoms with E-state index in [2.05, 4.69) is 18.8 Å². The molecule has 1 amide bonds. The minimum atomic E-state index is -4.41. The maximum atomic E-state index is 12.8. The van der Waals surface area contributed by atoms with Crippen LogP contribution >= 0.6 is 0 Å². The lowest BCUT2D eigenvalue weighted by atomic mass is 9.92. The summed E-state index contributed by atoms with van der Waals surface area (Å²) in [7, 11) is 0. The third-order valence-electron chi connectivity index (χ3n) is 4.43. The minimum absolute atomic E-state index is 0.177. The van der Waals surface area contributed by atoms with E-state index in [1.165, 1.54) is 23.2 Å². The molecule has 1 aromatic carbocycles. The number of likely N-dealkylation sites (tertiary alicyclic amines) is 1. The van der Waals surface area contributed by atoms with Crippen molar-refractivity contribution >= 4 is 5.91 Å². The number of halogens is 3. The van der Waals surface area contributed by atoms with Gasteiger partial charge >= 0.3 is 6.18 Å². The summed E-state index contributed by atoms with van der Waals surface area (Å²) in [4.78, 5) is 18.5. The van der Waals surface area contributed by atoms with Crippen LogP contribution in [-0.2, 0) is 6.18 Å². The molecule has 25 heavy (non-hydrogen) atoms. The van der Waals surface area contributed by atoms with Crippen LogP contribution in [0.2, 0.25) is 0 Å². The smallest absolute Gasteiger partial charge is 0.337 e. The summed E-state index contributed by atoms with van der Waals surface area (Å²) >= 11 is 0. The summed E-state index contributed by atoms with van der Waals surface area (Å²) < 4.78 is 40.0. The zero-order chi connectivity index (χ0) is 18.2. The highest BCUT2D eigenvalue weighted by molar-refractivity contribution is 5.92. The maximum Gasteiger partial charge on any atom is 0.416 e. The molecule has 1 fully saturated rings. The summed E-state index contributed by atoms with van der Waals surface area (Å²) in [6.45, 7) is 5.58. The fraction of sp³-hybridized carbons (Fsp3) is 0.444. The molecule has 3 rings (SSSR count). The standard InChI is InChI=1S/C18H20F3N3O/c1-12-6-13(2)9-23(8-12)17(25)16-10-24(11-22-16)15-5-3-4-14(7-15)18(19,20)21/h3-5,7,10-13H,6,8-9H2,1-2H3/t12-,13+. The second-order valence-electron chi connectivity index (χ2n) is 6.87. The molecule has 7 heteroatoms. The van der Waals surface area contributed by atoms with Crippen molar-refractivity contribution in [1.82, 2.24) is 14.5 Å². The molecule has 0 bridgehead atoms. The number of piperidine rings is 1. The van der Waals surface area contributed by atoms with Crippen molar-refractivity contribution in [2.45, 2.75) is 26.4 Å². The zero-order valence-electron chi connectivity index (χ0n) is 14.1. The van der Waals surface area contributed by atoms with Crippen molar-refractivity contribution in [2.24, 2.45) is 11.8 Å². The molecule has 1 aliphatic rings. The van der Waals surface area contributed by atoms with Gasteiger partial charge in [0.05, 0.1) is 5.56 Å². The van der Waals surface area contributed by atoms with E-state index >= 15 is 0 Å². The Morgan fingerprint density at radius 1 is 1.20 bits per heavy atom. The lowest BCUT2D eigenvalue weighted by molar-refractivity contribution is -0.137. The van der Waals surface area contributed by atoms with Crippen LogP contribution in [0.25, 0.3) is 5.69 Å². The number of hydrogen-bond donors (Lipinski definition) is 0.